The van der Waals surface area contributed by atoms with Crippen LogP contribution < -0.4 is 5.32 Å². The molecule has 2 heterocycles. The highest BCUT2D eigenvalue weighted by Crippen LogP contribution is 2.30. The maximum atomic E-state index is 13.3. The number of carbonyl (C=O) groups is 1. The van der Waals surface area contributed by atoms with Gasteiger partial charge in [0.05, 0.1) is 5.69 Å². The van der Waals surface area contributed by atoms with Crippen molar-refractivity contribution in [1.29, 1.82) is 0 Å². The lowest BCUT2D eigenvalue weighted by Crippen LogP contribution is -2.33. The van der Waals surface area contributed by atoms with Gasteiger partial charge < -0.3 is 10.2 Å². The molecule has 1 N–H and O–H groups in total. The normalized spacial score (nSPS) is 19.3. The number of hydrogen-bond donors (Lipinski definition) is 1. The van der Waals surface area contributed by atoms with E-state index in [1.807, 2.05) is 38.7 Å². The standard InChI is InChI=1S/C19H30N4O/c1-7-13(2)23-12-10-19(5,6)9-8-11-20-17-16(18(23)24)14(3)21-15(4)22-17/h7H,8-12H2,1-6H3,(H,20,21,22)/b13-7+. The van der Waals surface area contributed by atoms with Crippen LogP contribution in [0.2, 0.25) is 0 Å². The lowest BCUT2D eigenvalue weighted by molar-refractivity contribution is 0.0787. The van der Waals surface area contributed by atoms with Crippen LogP contribution in [-0.4, -0.2) is 33.9 Å². The lowest BCUT2D eigenvalue weighted by atomic mass is 9.84. The third kappa shape index (κ3) is 4.13. The highest BCUT2D eigenvalue weighted by Gasteiger charge is 2.27. The topological polar surface area (TPSA) is 58.1 Å². The number of rotatable bonds is 1. The fraction of sp³-hybridized carbons (Fsp3) is 0.632. The van der Waals surface area contributed by atoms with E-state index in [0.717, 1.165) is 43.7 Å². The lowest BCUT2D eigenvalue weighted by Gasteiger charge is -2.30. The van der Waals surface area contributed by atoms with Gasteiger partial charge in [-0.25, -0.2) is 9.97 Å². The molecular weight excluding hydrogens is 300 g/mol. The molecule has 0 atom stereocenters. The van der Waals surface area contributed by atoms with Crippen LogP contribution in [0.15, 0.2) is 11.8 Å². The van der Waals surface area contributed by atoms with Gasteiger partial charge in [0.1, 0.15) is 17.2 Å². The Hall–Kier alpha value is -1.91. The first-order chi connectivity index (χ1) is 11.2. The van der Waals surface area contributed by atoms with E-state index in [1.165, 1.54) is 0 Å². The van der Waals surface area contributed by atoms with Gasteiger partial charge in [0.25, 0.3) is 5.91 Å². The summed E-state index contributed by atoms with van der Waals surface area (Å²) in [6.07, 6.45) is 5.15. The summed E-state index contributed by atoms with van der Waals surface area (Å²) >= 11 is 0. The van der Waals surface area contributed by atoms with Crippen molar-refractivity contribution in [2.75, 3.05) is 18.4 Å². The average Bonchev–Trinajstić information content (AvgIpc) is 2.51. The average molecular weight is 330 g/mol. The zero-order valence-electron chi connectivity index (χ0n) is 15.9. The Morgan fingerprint density at radius 1 is 1.25 bits per heavy atom. The van der Waals surface area contributed by atoms with Gasteiger partial charge in [0.2, 0.25) is 0 Å². The third-order valence-corrected chi connectivity index (χ3v) is 4.84. The molecule has 1 amide bonds. The molecule has 0 fully saturated rings. The third-order valence-electron chi connectivity index (χ3n) is 4.84. The summed E-state index contributed by atoms with van der Waals surface area (Å²) in [6.45, 7) is 13.8. The van der Waals surface area contributed by atoms with E-state index in [4.69, 9.17) is 0 Å². The Morgan fingerprint density at radius 2 is 1.96 bits per heavy atom. The molecule has 2 rings (SSSR count). The predicted octanol–water partition coefficient (Wildman–Crippen LogP) is 4.08. The number of amides is 1. The van der Waals surface area contributed by atoms with E-state index in [9.17, 15) is 4.79 Å². The monoisotopic (exact) mass is 330 g/mol. The van der Waals surface area contributed by atoms with Gasteiger partial charge in [0, 0.05) is 18.8 Å². The molecule has 0 unspecified atom stereocenters. The van der Waals surface area contributed by atoms with E-state index < -0.39 is 0 Å². The number of hydrogen-bond acceptors (Lipinski definition) is 4. The van der Waals surface area contributed by atoms with Gasteiger partial charge in [-0.15, -0.1) is 0 Å². The van der Waals surface area contributed by atoms with E-state index in [2.05, 4.69) is 29.1 Å². The van der Waals surface area contributed by atoms with Crippen molar-refractivity contribution in [3.8, 4) is 0 Å². The molecule has 0 aromatic carbocycles. The number of aromatic nitrogens is 2. The maximum absolute atomic E-state index is 13.3. The minimum Gasteiger partial charge on any atom is -0.369 e. The largest absolute Gasteiger partial charge is 0.369 e. The van der Waals surface area contributed by atoms with Gasteiger partial charge >= 0.3 is 0 Å². The number of fused-ring (bicyclic) bond motifs is 1. The summed E-state index contributed by atoms with van der Waals surface area (Å²) in [7, 11) is 0. The number of nitrogens with zero attached hydrogens (tertiary/aromatic N) is 3. The summed E-state index contributed by atoms with van der Waals surface area (Å²) in [5.74, 6) is 1.35. The fourth-order valence-corrected chi connectivity index (χ4v) is 3.14. The molecule has 24 heavy (non-hydrogen) atoms. The van der Waals surface area contributed by atoms with Crippen molar-refractivity contribution < 1.29 is 4.79 Å². The molecule has 0 saturated heterocycles. The second-order valence-electron chi connectivity index (χ2n) is 7.41. The van der Waals surface area contributed by atoms with Crippen LogP contribution in [-0.2, 0) is 0 Å². The minimum absolute atomic E-state index is 0.0108. The van der Waals surface area contributed by atoms with E-state index in [0.29, 0.717) is 17.2 Å². The van der Waals surface area contributed by atoms with Crippen molar-refractivity contribution >= 4 is 11.7 Å². The second-order valence-corrected chi connectivity index (χ2v) is 7.41. The van der Waals surface area contributed by atoms with Crippen LogP contribution >= 0.6 is 0 Å². The van der Waals surface area contributed by atoms with Gasteiger partial charge in [-0.05, 0) is 52.4 Å². The second kappa shape index (κ2) is 7.32. The summed E-state index contributed by atoms with van der Waals surface area (Å²) in [5, 5.41) is 3.37. The maximum Gasteiger partial charge on any atom is 0.263 e. The number of allylic oxidation sites excluding steroid dienone is 2. The van der Waals surface area contributed by atoms with E-state index in [-0.39, 0.29) is 11.3 Å². The highest BCUT2D eigenvalue weighted by molar-refractivity contribution is 6.00. The molecule has 1 aromatic rings. The molecule has 5 heteroatoms. The minimum atomic E-state index is -0.0108. The van der Waals surface area contributed by atoms with Gasteiger partial charge in [-0.1, -0.05) is 19.9 Å². The number of anilines is 1. The number of aryl methyl sites for hydroxylation is 2. The van der Waals surface area contributed by atoms with Crippen molar-refractivity contribution in [2.24, 2.45) is 5.41 Å². The Kier molecular flexibility index (Phi) is 5.62. The molecule has 0 saturated carbocycles. The van der Waals surface area contributed by atoms with Crippen molar-refractivity contribution in [1.82, 2.24) is 14.9 Å². The molecule has 5 nitrogen and oxygen atoms in total. The van der Waals surface area contributed by atoms with Crippen molar-refractivity contribution in [3.05, 3.63) is 28.9 Å². The SMILES string of the molecule is C/C=C(\C)N1CCC(C)(C)CCCNc2nc(C)nc(C)c2C1=O. The molecule has 0 spiro atoms. The van der Waals surface area contributed by atoms with Crippen LogP contribution in [0.1, 0.15) is 68.8 Å². The first-order valence-electron chi connectivity index (χ1n) is 8.79. The highest BCUT2D eigenvalue weighted by atomic mass is 16.2. The van der Waals surface area contributed by atoms with Crippen molar-refractivity contribution in [2.45, 2.75) is 60.8 Å². The van der Waals surface area contributed by atoms with Gasteiger partial charge in [-0.2, -0.15) is 0 Å². The van der Waals surface area contributed by atoms with Gasteiger partial charge in [0.15, 0.2) is 0 Å². The Bertz CT molecular complexity index is 649. The van der Waals surface area contributed by atoms with E-state index in [1.54, 1.807) is 0 Å². The smallest absolute Gasteiger partial charge is 0.263 e. The van der Waals surface area contributed by atoms with Crippen LogP contribution in [0.5, 0.6) is 0 Å². The van der Waals surface area contributed by atoms with Crippen LogP contribution in [0.25, 0.3) is 0 Å². The molecule has 1 aliphatic heterocycles. The van der Waals surface area contributed by atoms with Crippen LogP contribution in [0, 0.1) is 19.3 Å². The molecule has 0 aliphatic carbocycles. The summed E-state index contributed by atoms with van der Waals surface area (Å²) in [6, 6.07) is 0. The Balaban J connectivity index is 2.51. The first-order valence-corrected chi connectivity index (χ1v) is 8.79. The van der Waals surface area contributed by atoms with Crippen molar-refractivity contribution in [3.63, 3.8) is 0 Å². The predicted molar refractivity (Wildman–Crippen MR) is 98.1 cm³/mol. The molecule has 1 aromatic heterocycles. The zero-order chi connectivity index (χ0) is 17.9. The summed E-state index contributed by atoms with van der Waals surface area (Å²) in [5.41, 5.74) is 2.52. The zero-order valence-corrected chi connectivity index (χ0v) is 15.9. The Labute approximate surface area is 145 Å². The molecule has 0 radical (unpaired) electrons. The summed E-state index contributed by atoms with van der Waals surface area (Å²) < 4.78 is 0. The molecular formula is C19H30N4O. The number of nitrogens with one attached hydrogen (secondary N) is 1. The van der Waals surface area contributed by atoms with Gasteiger partial charge in [-0.3, -0.25) is 4.79 Å². The molecule has 1 aliphatic rings. The molecule has 0 bridgehead atoms. The quantitative estimate of drug-likeness (QED) is 0.843. The Morgan fingerprint density at radius 3 is 2.62 bits per heavy atom. The van der Waals surface area contributed by atoms with E-state index >= 15 is 0 Å². The summed E-state index contributed by atoms with van der Waals surface area (Å²) in [4.78, 5) is 24.1. The fourth-order valence-electron chi connectivity index (χ4n) is 3.14. The number of carbonyl (C=O) groups excluding carboxylic acids is 1. The molecule has 132 valence electrons. The van der Waals surface area contributed by atoms with Crippen LogP contribution in [0.3, 0.4) is 0 Å². The first kappa shape index (κ1) is 18.4. The van der Waals surface area contributed by atoms with Crippen LogP contribution in [0.4, 0.5) is 5.82 Å².